The van der Waals surface area contributed by atoms with Crippen molar-refractivity contribution in [2.24, 2.45) is 7.05 Å². The van der Waals surface area contributed by atoms with Crippen LogP contribution in [0.2, 0.25) is 0 Å². The Bertz CT molecular complexity index is 1210. The highest BCUT2D eigenvalue weighted by molar-refractivity contribution is 5.81. The van der Waals surface area contributed by atoms with Crippen molar-refractivity contribution in [3.8, 4) is 23.2 Å². The number of ether oxygens (including phenoxy) is 1. The Balaban J connectivity index is 1.70. The van der Waals surface area contributed by atoms with Gasteiger partial charge < -0.3 is 4.74 Å². The number of hydrogen-bond donors (Lipinski definition) is 0. The number of pyridine rings is 1. The van der Waals surface area contributed by atoms with E-state index in [4.69, 9.17) is 10.00 Å². The Hall–Kier alpha value is -3.81. The van der Waals surface area contributed by atoms with Gasteiger partial charge in [0.15, 0.2) is 5.69 Å². The molecule has 0 spiro atoms. The van der Waals surface area contributed by atoms with Crippen molar-refractivity contribution in [1.82, 2.24) is 25.0 Å². The van der Waals surface area contributed by atoms with E-state index in [0.717, 1.165) is 4.68 Å². The van der Waals surface area contributed by atoms with Crippen molar-refractivity contribution in [2.45, 2.75) is 39.3 Å². The summed E-state index contributed by atoms with van der Waals surface area (Å²) in [5, 5.41) is 20.6. The van der Waals surface area contributed by atoms with Crippen LogP contribution < -0.4 is 4.74 Å². The molecule has 0 amide bonds. The summed E-state index contributed by atoms with van der Waals surface area (Å²) in [4.78, 5) is 16.5. The number of carbonyl (C=O) groups excluding carboxylic acids is 1. The summed E-state index contributed by atoms with van der Waals surface area (Å²) in [6.45, 7) is 3.81. The summed E-state index contributed by atoms with van der Waals surface area (Å²) in [6.07, 6.45) is -2.84. The minimum Gasteiger partial charge on any atom is -0.478 e. The van der Waals surface area contributed by atoms with Gasteiger partial charge in [0.05, 0.1) is 23.6 Å². The van der Waals surface area contributed by atoms with Crippen molar-refractivity contribution in [3.63, 3.8) is 0 Å². The normalized spacial score (nSPS) is 11.3. The molecule has 8 nitrogen and oxygen atoms in total. The molecular formula is C22H21F3N6O2. The number of aromatic nitrogens is 5. The monoisotopic (exact) mass is 458 g/mol. The Morgan fingerprint density at radius 3 is 2.64 bits per heavy atom. The fourth-order valence-corrected chi connectivity index (χ4v) is 3.32. The van der Waals surface area contributed by atoms with Crippen LogP contribution in [0, 0.1) is 18.3 Å². The molecule has 3 rings (SSSR count). The maximum absolute atomic E-state index is 13.3. The fraction of sp³-hybridized carbons (Fsp3) is 0.364. The number of alkyl halides is 3. The van der Waals surface area contributed by atoms with E-state index in [2.05, 4.69) is 20.3 Å². The lowest BCUT2D eigenvalue weighted by atomic mass is 10.0. The van der Waals surface area contributed by atoms with Gasteiger partial charge in [-0.1, -0.05) is 0 Å². The largest absolute Gasteiger partial charge is 0.478 e. The number of carbonyl (C=O) groups is 1. The second-order valence-electron chi connectivity index (χ2n) is 7.39. The fourth-order valence-electron chi connectivity index (χ4n) is 3.32. The van der Waals surface area contributed by atoms with Crippen LogP contribution in [0.4, 0.5) is 13.2 Å². The number of nitriles is 1. The highest BCUT2D eigenvalue weighted by atomic mass is 19.4. The highest BCUT2D eigenvalue weighted by Crippen LogP contribution is 2.36. The van der Waals surface area contributed by atoms with Crippen LogP contribution in [-0.4, -0.2) is 37.4 Å². The molecule has 0 atom stereocenters. The molecule has 0 bridgehead atoms. The average Bonchev–Trinajstić information content (AvgIpc) is 3.14. The van der Waals surface area contributed by atoms with Gasteiger partial charge in [0.2, 0.25) is 5.88 Å². The van der Waals surface area contributed by atoms with E-state index >= 15 is 0 Å². The third-order valence-corrected chi connectivity index (χ3v) is 4.72. The molecule has 172 valence electrons. The summed E-state index contributed by atoms with van der Waals surface area (Å²) in [6, 6.07) is 6.71. The molecule has 0 aliphatic heterocycles. The van der Waals surface area contributed by atoms with Gasteiger partial charge >= 0.3 is 6.18 Å². The van der Waals surface area contributed by atoms with E-state index in [1.54, 1.807) is 26.0 Å². The van der Waals surface area contributed by atoms with Crippen LogP contribution in [0.1, 0.15) is 41.6 Å². The van der Waals surface area contributed by atoms with Gasteiger partial charge in [0, 0.05) is 32.2 Å². The lowest BCUT2D eigenvalue weighted by molar-refractivity contribution is -0.141. The standard InChI is InChI=1S/C22H21F3N6O2/c1-4-33-19-10-14(8-16(11-26)27-19)9-17(32)6-5-15-7-13(2)20(29-28-15)18-12-31(3)30-21(18)22(23,24)25/h7-8,10,12H,4-6,9H2,1-3H3. The van der Waals surface area contributed by atoms with Crippen LogP contribution >= 0.6 is 0 Å². The van der Waals surface area contributed by atoms with Gasteiger partial charge in [-0.25, -0.2) is 4.98 Å². The zero-order chi connectivity index (χ0) is 24.2. The molecule has 0 aliphatic carbocycles. The van der Waals surface area contributed by atoms with Gasteiger partial charge in [-0.15, -0.1) is 5.10 Å². The third kappa shape index (κ3) is 5.91. The van der Waals surface area contributed by atoms with Crippen LogP contribution in [0.25, 0.3) is 11.3 Å². The quantitative estimate of drug-likeness (QED) is 0.508. The number of aryl methyl sites for hydroxylation is 3. The van der Waals surface area contributed by atoms with Gasteiger partial charge in [-0.3, -0.25) is 9.48 Å². The molecule has 0 aromatic carbocycles. The van der Waals surface area contributed by atoms with Gasteiger partial charge in [0.25, 0.3) is 0 Å². The molecule has 3 heterocycles. The summed E-state index contributed by atoms with van der Waals surface area (Å²) < 4.78 is 46.2. The molecule has 0 fully saturated rings. The minimum atomic E-state index is -4.61. The topological polar surface area (TPSA) is 107 Å². The first-order valence-electron chi connectivity index (χ1n) is 10.1. The molecular weight excluding hydrogens is 437 g/mol. The summed E-state index contributed by atoms with van der Waals surface area (Å²) in [7, 11) is 1.40. The molecule has 33 heavy (non-hydrogen) atoms. The number of rotatable bonds is 8. The Kier molecular flexibility index (Phi) is 7.06. The molecule has 0 N–H and O–H groups in total. The van der Waals surface area contributed by atoms with Gasteiger partial charge in [0.1, 0.15) is 17.5 Å². The number of Topliss-reactive ketones (excluding diaryl/α,β-unsaturated/α-hetero) is 1. The van der Waals surface area contributed by atoms with Crippen LogP contribution in [0.3, 0.4) is 0 Å². The van der Waals surface area contributed by atoms with E-state index in [9.17, 15) is 18.0 Å². The first kappa shape index (κ1) is 23.8. The maximum Gasteiger partial charge on any atom is 0.435 e. The maximum atomic E-state index is 13.3. The molecule has 11 heteroatoms. The molecule has 0 aliphatic rings. The smallest absolute Gasteiger partial charge is 0.435 e. The summed E-state index contributed by atoms with van der Waals surface area (Å²) in [5.74, 6) is 0.188. The number of hydrogen-bond acceptors (Lipinski definition) is 7. The van der Waals surface area contributed by atoms with Crippen molar-refractivity contribution in [3.05, 3.63) is 52.6 Å². The van der Waals surface area contributed by atoms with Crippen LogP contribution in [-0.2, 0) is 30.9 Å². The van der Waals surface area contributed by atoms with Crippen molar-refractivity contribution < 1.29 is 22.7 Å². The number of ketones is 1. The Morgan fingerprint density at radius 2 is 2.00 bits per heavy atom. The molecule has 0 unspecified atom stereocenters. The lowest BCUT2D eigenvalue weighted by Gasteiger charge is -2.09. The average molecular weight is 458 g/mol. The zero-order valence-electron chi connectivity index (χ0n) is 18.3. The molecule has 3 aromatic heterocycles. The van der Waals surface area contributed by atoms with Crippen LogP contribution in [0.5, 0.6) is 5.88 Å². The molecule has 3 aromatic rings. The van der Waals surface area contributed by atoms with Crippen molar-refractivity contribution in [2.75, 3.05) is 6.61 Å². The predicted molar refractivity (Wildman–Crippen MR) is 111 cm³/mol. The molecule has 0 saturated carbocycles. The molecule has 0 saturated heterocycles. The second kappa shape index (κ2) is 9.77. The van der Waals surface area contributed by atoms with Crippen molar-refractivity contribution in [1.29, 1.82) is 5.26 Å². The van der Waals surface area contributed by atoms with Gasteiger partial charge in [-0.05, 0) is 43.5 Å². The third-order valence-electron chi connectivity index (χ3n) is 4.72. The van der Waals surface area contributed by atoms with E-state index in [-0.39, 0.29) is 47.9 Å². The minimum absolute atomic E-state index is 0.0897. The first-order chi connectivity index (χ1) is 15.6. The van der Waals surface area contributed by atoms with E-state index in [0.29, 0.717) is 23.4 Å². The van der Waals surface area contributed by atoms with Crippen LogP contribution in [0.15, 0.2) is 24.4 Å². The first-order valence-corrected chi connectivity index (χ1v) is 10.1. The SMILES string of the molecule is CCOc1cc(CC(=O)CCc2cc(C)c(-c3cn(C)nc3C(F)(F)F)nn2)cc(C#N)n1. The second-order valence-corrected chi connectivity index (χ2v) is 7.39. The van der Waals surface area contributed by atoms with E-state index in [1.807, 2.05) is 6.07 Å². The Morgan fingerprint density at radius 1 is 1.24 bits per heavy atom. The predicted octanol–water partition coefficient (Wildman–Crippen LogP) is 3.61. The summed E-state index contributed by atoms with van der Waals surface area (Å²) in [5.41, 5.74) is 0.692. The number of nitrogens with zero attached hydrogens (tertiary/aromatic N) is 6. The highest BCUT2D eigenvalue weighted by Gasteiger charge is 2.38. The Labute approximate surface area is 188 Å². The molecule has 0 radical (unpaired) electrons. The summed E-state index contributed by atoms with van der Waals surface area (Å²) >= 11 is 0. The van der Waals surface area contributed by atoms with Gasteiger partial charge in [-0.2, -0.15) is 28.6 Å². The van der Waals surface area contributed by atoms with Crippen molar-refractivity contribution >= 4 is 5.78 Å². The zero-order valence-corrected chi connectivity index (χ0v) is 18.3. The lowest BCUT2D eigenvalue weighted by Crippen LogP contribution is -2.10. The van der Waals surface area contributed by atoms with E-state index < -0.39 is 11.9 Å². The van der Waals surface area contributed by atoms with E-state index in [1.165, 1.54) is 19.3 Å². The number of halogens is 3.